The van der Waals surface area contributed by atoms with E-state index < -0.39 is 11.7 Å². The SMILES string of the molecule is O=C([C@H]1CC(=O)N(c2ccc(F)c(Cl)c2)C1)N1CCc2c(nc3cc[nH]n3c2=O)C1. The van der Waals surface area contributed by atoms with Crippen LogP contribution in [0.4, 0.5) is 10.1 Å². The van der Waals surface area contributed by atoms with E-state index in [-0.39, 0.29) is 41.9 Å². The number of nitrogens with one attached hydrogen (secondary N) is 1. The molecule has 2 aliphatic heterocycles. The number of aromatic amines is 1. The number of hydrogen-bond acceptors (Lipinski definition) is 4. The molecule has 1 N–H and O–H groups in total. The molecular formula is C20H17ClFN5O3. The first kappa shape index (κ1) is 18.8. The van der Waals surface area contributed by atoms with E-state index in [1.165, 1.54) is 27.6 Å². The minimum Gasteiger partial charge on any atom is -0.336 e. The zero-order valence-corrected chi connectivity index (χ0v) is 16.5. The molecule has 5 rings (SSSR count). The molecule has 2 amide bonds. The molecule has 0 unspecified atom stereocenters. The maximum absolute atomic E-state index is 13.4. The maximum Gasteiger partial charge on any atom is 0.276 e. The van der Waals surface area contributed by atoms with Crippen LogP contribution in [0.2, 0.25) is 5.02 Å². The highest BCUT2D eigenvalue weighted by molar-refractivity contribution is 6.31. The molecule has 2 aliphatic rings. The van der Waals surface area contributed by atoms with Gasteiger partial charge in [0.25, 0.3) is 5.56 Å². The summed E-state index contributed by atoms with van der Waals surface area (Å²) < 4.78 is 14.8. The van der Waals surface area contributed by atoms with Crippen LogP contribution in [0.1, 0.15) is 17.7 Å². The molecular weight excluding hydrogens is 413 g/mol. The first-order chi connectivity index (χ1) is 14.4. The topological polar surface area (TPSA) is 90.8 Å². The van der Waals surface area contributed by atoms with Crippen LogP contribution in [0, 0.1) is 11.7 Å². The Kier molecular flexibility index (Phi) is 4.35. The summed E-state index contributed by atoms with van der Waals surface area (Å²) >= 11 is 5.83. The number of amides is 2. The Balaban J connectivity index is 1.35. The molecule has 1 atom stereocenters. The molecule has 8 nitrogen and oxygen atoms in total. The monoisotopic (exact) mass is 429 g/mol. The summed E-state index contributed by atoms with van der Waals surface area (Å²) in [5, 5.41) is 2.76. The van der Waals surface area contributed by atoms with Gasteiger partial charge in [-0.2, -0.15) is 0 Å². The third-order valence-corrected chi connectivity index (χ3v) is 5.99. The van der Waals surface area contributed by atoms with Crippen molar-refractivity contribution in [2.45, 2.75) is 19.4 Å². The fourth-order valence-electron chi connectivity index (χ4n) is 4.15. The van der Waals surface area contributed by atoms with Gasteiger partial charge in [0.05, 0.1) is 23.2 Å². The average molecular weight is 430 g/mol. The first-order valence-corrected chi connectivity index (χ1v) is 9.92. The number of hydrogen-bond donors (Lipinski definition) is 1. The van der Waals surface area contributed by atoms with Crippen molar-refractivity contribution in [2.75, 3.05) is 18.0 Å². The van der Waals surface area contributed by atoms with Crippen LogP contribution in [0.25, 0.3) is 5.65 Å². The van der Waals surface area contributed by atoms with Gasteiger partial charge in [0, 0.05) is 43.0 Å². The molecule has 10 heteroatoms. The summed E-state index contributed by atoms with van der Waals surface area (Å²) in [5.41, 5.74) is 2.01. The summed E-state index contributed by atoms with van der Waals surface area (Å²) in [6.07, 6.45) is 2.12. The van der Waals surface area contributed by atoms with Gasteiger partial charge in [-0.1, -0.05) is 11.6 Å². The molecule has 154 valence electrons. The quantitative estimate of drug-likeness (QED) is 0.672. The highest BCUT2D eigenvalue weighted by atomic mass is 35.5. The van der Waals surface area contributed by atoms with Gasteiger partial charge in [-0.3, -0.25) is 19.5 Å². The average Bonchev–Trinajstić information content (AvgIpc) is 3.36. The highest BCUT2D eigenvalue weighted by Gasteiger charge is 2.38. The molecule has 1 saturated heterocycles. The number of aromatic nitrogens is 3. The lowest BCUT2D eigenvalue weighted by atomic mass is 10.0. The van der Waals surface area contributed by atoms with E-state index in [9.17, 15) is 18.8 Å². The van der Waals surface area contributed by atoms with Crippen molar-refractivity contribution in [3.63, 3.8) is 0 Å². The molecule has 1 fully saturated rings. The van der Waals surface area contributed by atoms with Gasteiger partial charge in [-0.05, 0) is 24.6 Å². The Bertz CT molecular complexity index is 1250. The molecule has 2 aromatic heterocycles. The van der Waals surface area contributed by atoms with E-state index in [2.05, 4.69) is 10.1 Å². The molecule has 1 aromatic carbocycles. The Morgan fingerprint density at radius 2 is 2.10 bits per heavy atom. The number of benzene rings is 1. The predicted molar refractivity (Wildman–Crippen MR) is 107 cm³/mol. The second-order valence-electron chi connectivity index (χ2n) is 7.51. The van der Waals surface area contributed by atoms with Crippen LogP contribution in [-0.2, 0) is 22.6 Å². The Morgan fingerprint density at radius 1 is 1.27 bits per heavy atom. The zero-order chi connectivity index (χ0) is 21.0. The van der Waals surface area contributed by atoms with E-state index >= 15 is 0 Å². The number of fused-ring (bicyclic) bond motifs is 2. The third kappa shape index (κ3) is 2.97. The summed E-state index contributed by atoms with van der Waals surface area (Å²) in [5.74, 6) is -1.44. The van der Waals surface area contributed by atoms with E-state index in [0.29, 0.717) is 35.6 Å². The molecule has 0 spiro atoms. The van der Waals surface area contributed by atoms with Crippen molar-refractivity contribution in [3.05, 3.63) is 62.9 Å². The van der Waals surface area contributed by atoms with E-state index in [4.69, 9.17) is 11.6 Å². The van der Waals surface area contributed by atoms with Crippen molar-refractivity contribution in [3.8, 4) is 0 Å². The Morgan fingerprint density at radius 3 is 2.90 bits per heavy atom. The summed E-state index contributed by atoms with van der Waals surface area (Å²) in [7, 11) is 0. The molecule has 30 heavy (non-hydrogen) atoms. The van der Waals surface area contributed by atoms with Gasteiger partial charge in [-0.25, -0.2) is 13.9 Å². The molecule has 3 aromatic rings. The number of carbonyl (C=O) groups excluding carboxylic acids is 2. The van der Waals surface area contributed by atoms with Crippen molar-refractivity contribution in [1.82, 2.24) is 19.5 Å². The summed E-state index contributed by atoms with van der Waals surface area (Å²) in [4.78, 5) is 45.8. The lowest BCUT2D eigenvalue weighted by molar-refractivity contribution is -0.136. The Labute approximate surface area is 174 Å². The van der Waals surface area contributed by atoms with Crippen LogP contribution in [0.5, 0.6) is 0 Å². The number of nitrogens with zero attached hydrogens (tertiary/aromatic N) is 4. The van der Waals surface area contributed by atoms with Gasteiger partial charge in [0.1, 0.15) is 5.82 Å². The minimum atomic E-state index is -0.563. The number of rotatable bonds is 2. The first-order valence-electron chi connectivity index (χ1n) is 9.54. The van der Waals surface area contributed by atoms with E-state index in [1.807, 2.05) is 0 Å². The van der Waals surface area contributed by atoms with Crippen molar-refractivity contribution in [1.29, 1.82) is 0 Å². The number of halogens is 2. The Hall–Kier alpha value is -3.20. The van der Waals surface area contributed by atoms with Crippen LogP contribution in [0.3, 0.4) is 0 Å². The number of carbonyl (C=O) groups is 2. The smallest absolute Gasteiger partial charge is 0.276 e. The second-order valence-corrected chi connectivity index (χ2v) is 7.92. The van der Waals surface area contributed by atoms with Crippen LogP contribution in [0.15, 0.2) is 35.3 Å². The third-order valence-electron chi connectivity index (χ3n) is 5.70. The van der Waals surface area contributed by atoms with E-state index in [0.717, 1.165) is 0 Å². The van der Waals surface area contributed by atoms with Crippen LogP contribution >= 0.6 is 11.6 Å². The lowest BCUT2D eigenvalue weighted by Gasteiger charge is -2.29. The van der Waals surface area contributed by atoms with Gasteiger partial charge in [-0.15, -0.1) is 0 Å². The fraction of sp³-hybridized carbons (Fsp3) is 0.300. The minimum absolute atomic E-state index is 0.0730. The molecule has 0 saturated carbocycles. The van der Waals surface area contributed by atoms with Crippen LogP contribution < -0.4 is 10.5 Å². The fourth-order valence-corrected chi connectivity index (χ4v) is 4.33. The number of anilines is 1. The largest absolute Gasteiger partial charge is 0.336 e. The van der Waals surface area contributed by atoms with Gasteiger partial charge in [0.15, 0.2) is 5.65 Å². The standard InChI is InChI=1S/C20H17ClFN5O3/c21-14-8-12(1-2-15(14)22)26-9-11(7-18(26)28)19(29)25-6-4-13-16(10-25)24-17-3-5-23-27(17)20(13)30/h1-3,5,8,11,23H,4,6-7,9-10H2/t11-/m0/s1. The molecule has 0 bridgehead atoms. The van der Waals surface area contributed by atoms with Gasteiger partial charge < -0.3 is 9.80 Å². The second kappa shape index (κ2) is 6.94. The number of H-pyrrole nitrogens is 1. The maximum atomic E-state index is 13.4. The summed E-state index contributed by atoms with van der Waals surface area (Å²) in [6, 6.07) is 5.76. The van der Waals surface area contributed by atoms with E-state index in [1.54, 1.807) is 17.2 Å². The summed E-state index contributed by atoms with van der Waals surface area (Å²) in [6.45, 7) is 0.830. The van der Waals surface area contributed by atoms with Crippen LogP contribution in [-0.4, -0.2) is 44.4 Å². The predicted octanol–water partition coefficient (Wildman–Crippen LogP) is 1.75. The molecule has 0 radical (unpaired) electrons. The lowest BCUT2D eigenvalue weighted by Crippen LogP contribution is -2.43. The normalized spacial score (nSPS) is 18.9. The molecule has 4 heterocycles. The molecule has 0 aliphatic carbocycles. The highest BCUT2D eigenvalue weighted by Crippen LogP contribution is 2.30. The van der Waals surface area contributed by atoms with Gasteiger partial charge in [0.2, 0.25) is 11.8 Å². The van der Waals surface area contributed by atoms with Crippen molar-refractivity contribution < 1.29 is 14.0 Å². The van der Waals surface area contributed by atoms with Gasteiger partial charge >= 0.3 is 0 Å². The van der Waals surface area contributed by atoms with Crippen molar-refractivity contribution in [2.24, 2.45) is 5.92 Å². The zero-order valence-electron chi connectivity index (χ0n) is 15.8. The van der Waals surface area contributed by atoms with Crippen molar-refractivity contribution >= 4 is 34.7 Å².